The van der Waals surface area contributed by atoms with Gasteiger partial charge in [-0.25, -0.2) is 0 Å². The van der Waals surface area contributed by atoms with E-state index >= 15 is 0 Å². The zero-order valence-electron chi connectivity index (χ0n) is 10.1. The van der Waals surface area contributed by atoms with Gasteiger partial charge in [-0.2, -0.15) is 5.26 Å². The number of aryl methyl sites for hydroxylation is 1. The van der Waals surface area contributed by atoms with Crippen molar-refractivity contribution in [1.29, 1.82) is 5.26 Å². The Hall–Kier alpha value is -2.53. The Labute approximate surface area is 106 Å². The highest BCUT2D eigenvalue weighted by molar-refractivity contribution is 5.75. The zero-order valence-corrected chi connectivity index (χ0v) is 10.1. The van der Waals surface area contributed by atoms with Crippen molar-refractivity contribution >= 4 is 5.52 Å². The molecular formula is C16H12N2. The zero-order chi connectivity index (χ0) is 12.5. The van der Waals surface area contributed by atoms with E-state index in [9.17, 15) is 5.26 Å². The minimum atomic E-state index is 0.717. The molecule has 0 aliphatic heterocycles. The van der Waals surface area contributed by atoms with Gasteiger partial charge in [0.2, 0.25) is 0 Å². The van der Waals surface area contributed by atoms with Gasteiger partial charge in [-0.1, -0.05) is 30.3 Å². The Kier molecular flexibility index (Phi) is 2.39. The van der Waals surface area contributed by atoms with Crippen LogP contribution in [0.1, 0.15) is 11.1 Å². The second-order valence-electron chi connectivity index (χ2n) is 4.33. The summed E-state index contributed by atoms with van der Waals surface area (Å²) < 4.78 is 2.07. The van der Waals surface area contributed by atoms with Crippen molar-refractivity contribution in [2.24, 2.45) is 0 Å². The van der Waals surface area contributed by atoms with Crippen molar-refractivity contribution in [3.63, 3.8) is 0 Å². The molecule has 0 spiro atoms. The van der Waals surface area contributed by atoms with Crippen molar-refractivity contribution in [2.75, 3.05) is 0 Å². The van der Waals surface area contributed by atoms with E-state index in [-0.39, 0.29) is 0 Å². The highest BCUT2D eigenvalue weighted by Gasteiger charge is 2.10. The number of pyridine rings is 1. The minimum absolute atomic E-state index is 0.717. The molecule has 0 fully saturated rings. The molecule has 0 saturated carbocycles. The van der Waals surface area contributed by atoms with E-state index in [1.807, 2.05) is 42.6 Å². The Morgan fingerprint density at radius 1 is 1.06 bits per heavy atom. The summed E-state index contributed by atoms with van der Waals surface area (Å²) in [6, 6.07) is 18.4. The largest absolute Gasteiger partial charge is 0.315 e. The summed E-state index contributed by atoms with van der Waals surface area (Å²) in [5, 5.41) is 9.20. The number of hydrogen-bond acceptors (Lipinski definition) is 1. The molecule has 0 amide bonds. The molecule has 3 rings (SSSR count). The molecule has 0 unspecified atom stereocenters. The summed E-state index contributed by atoms with van der Waals surface area (Å²) in [4.78, 5) is 0. The van der Waals surface area contributed by atoms with Gasteiger partial charge in [0.1, 0.15) is 6.07 Å². The lowest BCUT2D eigenvalue weighted by molar-refractivity contribution is 1.20. The Morgan fingerprint density at radius 3 is 2.61 bits per heavy atom. The first-order chi connectivity index (χ1) is 8.81. The van der Waals surface area contributed by atoms with E-state index in [4.69, 9.17) is 0 Å². The summed E-state index contributed by atoms with van der Waals surface area (Å²) in [5.41, 5.74) is 5.12. The van der Waals surface area contributed by atoms with Crippen LogP contribution < -0.4 is 0 Å². The third-order valence-electron chi connectivity index (χ3n) is 3.22. The molecule has 0 N–H and O–H groups in total. The van der Waals surface area contributed by atoms with Crippen molar-refractivity contribution in [3.05, 3.63) is 65.9 Å². The summed E-state index contributed by atoms with van der Waals surface area (Å²) in [6.45, 7) is 2.09. The molecule has 0 bridgehead atoms. The van der Waals surface area contributed by atoms with Crippen LogP contribution in [0.15, 0.2) is 54.7 Å². The molecule has 0 saturated heterocycles. The van der Waals surface area contributed by atoms with Crippen LogP contribution in [0.25, 0.3) is 16.8 Å². The fourth-order valence-electron chi connectivity index (χ4n) is 2.31. The lowest BCUT2D eigenvalue weighted by Gasteiger charge is -2.05. The monoisotopic (exact) mass is 232 g/mol. The van der Waals surface area contributed by atoms with Gasteiger partial charge in [0.25, 0.3) is 0 Å². The first-order valence-electron chi connectivity index (χ1n) is 5.87. The summed E-state index contributed by atoms with van der Waals surface area (Å²) in [6.07, 6.45) is 2.00. The van der Waals surface area contributed by atoms with Gasteiger partial charge in [-0.15, -0.1) is 0 Å². The smallest absolute Gasteiger partial charge is 0.101 e. The van der Waals surface area contributed by atoms with Gasteiger partial charge < -0.3 is 4.40 Å². The lowest BCUT2D eigenvalue weighted by Crippen LogP contribution is -1.88. The maximum absolute atomic E-state index is 9.20. The van der Waals surface area contributed by atoms with Gasteiger partial charge >= 0.3 is 0 Å². The van der Waals surface area contributed by atoms with Crippen LogP contribution in [0.3, 0.4) is 0 Å². The Morgan fingerprint density at radius 2 is 1.83 bits per heavy atom. The second kappa shape index (κ2) is 4.05. The highest BCUT2D eigenvalue weighted by atomic mass is 14.9. The molecule has 2 heteroatoms. The Balaban J connectivity index is 2.38. The van der Waals surface area contributed by atoms with Crippen molar-refractivity contribution < 1.29 is 0 Å². The van der Waals surface area contributed by atoms with Crippen LogP contribution in [0.2, 0.25) is 0 Å². The van der Waals surface area contributed by atoms with Gasteiger partial charge in [0, 0.05) is 11.8 Å². The topological polar surface area (TPSA) is 28.2 Å². The molecule has 18 heavy (non-hydrogen) atoms. The van der Waals surface area contributed by atoms with E-state index in [0.717, 1.165) is 11.2 Å². The SMILES string of the molecule is Cc1ccccc1-c1cc(C#N)c2ccccn12. The number of nitriles is 1. The molecule has 3 aromatic rings. The van der Waals surface area contributed by atoms with E-state index in [0.29, 0.717) is 5.56 Å². The average Bonchev–Trinajstić information content (AvgIpc) is 2.78. The van der Waals surface area contributed by atoms with Crippen LogP contribution >= 0.6 is 0 Å². The van der Waals surface area contributed by atoms with Gasteiger partial charge in [0.05, 0.1) is 16.8 Å². The number of fused-ring (bicyclic) bond motifs is 1. The average molecular weight is 232 g/mol. The van der Waals surface area contributed by atoms with Crippen LogP contribution in [-0.4, -0.2) is 4.40 Å². The molecule has 2 aromatic heterocycles. The summed E-state index contributed by atoms with van der Waals surface area (Å²) in [5.74, 6) is 0. The van der Waals surface area contributed by atoms with Crippen molar-refractivity contribution in [2.45, 2.75) is 6.92 Å². The minimum Gasteiger partial charge on any atom is -0.315 e. The van der Waals surface area contributed by atoms with Crippen LogP contribution in [0, 0.1) is 18.3 Å². The lowest BCUT2D eigenvalue weighted by atomic mass is 10.1. The van der Waals surface area contributed by atoms with Gasteiger partial charge in [-0.3, -0.25) is 0 Å². The van der Waals surface area contributed by atoms with Crippen molar-refractivity contribution in [3.8, 4) is 17.3 Å². The fraction of sp³-hybridized carbons (Fsp3) is 0.0625. The second-order valence-corrected chi connectivity index (χ2v) is 4.33. The van der Waals surface area contributed by atoms with E-state index in [2.05, 4.69) is 29.5 Å². The third kappa shape index (κ3) is 1.49. The maximum Gasteiger partial charge on any atom is 0.101 e. The van der Waals surface area contributed by atoms with Crippen LogP contribution in [0.4, 0.5) is 0 Å². The predicted octanol–water partition coefficient (Wildman–Crippen LogP) is 3.79. The Bertz CT molecular complexity index is 760. The first-order valence-corrected chi connectivity index (χ1v) is 5.87. The first kappa shape index (κ1) is 10.6. The third-order valence-corrected chi connectivity index (χ3v) is 3.22. The molecule has 0 aliphatic carbocycles. The van der Waals surface area contributed by atoms with E-state index in [1.165, 1.54) is 11.1 Å². The molecule has 1 aromatic carbocycles. The molecule has 2 nitrogen and oxygen atoms in total. The summed E-state index contributed by atoms with van der Waals surface area (Å²) >= 11 is 0. The predicted molar refractivity (Wildman–Crippen MR) is 72.3 cm³/mol. The van der Waals surface area contributed by atoms with Crippen LogP contribution in [0.5, 0.6) is 0 Å². The normalized spacial score (nSPS) is 10.4. The van der Waals surface area contributed by atoms with E-state index in [1.54, 1.807) is 0 Å². The summed E-state index contributed by atoms with van der Waals surface area (Å²) in [7, 11) is 0. The molecule has 0 aliphatic rings. The standard InChI is InChI=1S/C16H12N2/c1-12-6-2-3-7-14(12)16-10-13(11-17)15-8-4-5-9-18(15)16/h2-10H,1H3. The van der Waals surface area contributed by atoms with Crippen LogP contribution in [-0.2, 0) is 0 Å². The molecule has 0 atom stereocenters. The van der Waals surface area contributed by atoms with Crippen molar-refractivity contribution in [1.82, 2.24) is 4.40 Å². The van der Waals surface area contributed by atoms with E-state index < -0.39 is 0 Å². The quantitative estimate of drug-likeness (QED) is 0.627. The molecular weight excluding hydrogens is 220 g/mol. The maximum atomic E-state index is 9.20. The number of hydrogen-bond donors (Lipinski definition) is 0. The van der Waals surface area contributed by atoms with Gasteiger partial charge in [-0.05, 0) is 30.7 Å². The fourth-order valence-corrected chi connectivity index (χ4v) is 2.31. The number of nitrogens with zero attached hydrogens (tertiary/aromatic N) is 2. The number of benzene rings is 1. The number of aromatic nitrogens is 1. The molecule has 0 radical (unpaired) electrons. The van der Waals surface area contributed by atoms with Gasteiger partial charge in [0.15, 0.2) is 0 Å². The molecule has 86 valence electrons. The highest BCUT2D eigenvalue weighted by Crippen LogP contribution is 2.27. The number of rotatable bonds is 1. The molecule has 2 heterocycles.